The quantitative estimate of drug-likeness (QED) is 0.447. The van der Waals surface area contributed by atoms with Gasteiger partial charge in [-0.05, 0) is 62.6 Å². The van der Waals surface area contributed by atoms with Crippen LogP contribution in [-0.4, -0.2) is 28.9 Å². The van der Waals surface area contributed by atoms with E-state index >= 15 is 0 Å². The van der Waals surface area contributed by atoms with Crippen molar-refractivity contribution in [2.24, 2.45) is 0 Å². The zero-order valence-corrected chi connectivity index (χ0v) is 18.9. The highest BCUT2D eigenvalue weighted by molar-refractivity contribution is 5.95. The largest absolute Gasteiger partial charge is 0.493 e. The Hall–Kier alpha value is -3.74. The highest BCUT2D eigenvalue weighted by Gasteiger charge is 2.34. The van der Waals surface area contributed by atoms with Crippen LogP contribution < -0.4 is 15.2 Å². The van der Waals surface area contributed by atoms with Gasteiger partial charge in [0.1, 0.15) is 0 Å². The van der Waals surface area contributed by atoms with E-state index in [4.69, 9.17) is 19.7 Å². The molecule has 0 radical (unpaired) electrons. The van der Waals surface area contributed by atoms with E-state index in [0.29, 0.717) is 17.5 Å². The summed E-state index contributed by atoms with van der Waals surface area (Å²) in [7, 11) is 3.32. The standard InChI is InChI=1S/C25H26N4O3/c1-13-10-17-11-20(30-4)21(31-5)12-19(17)24-23(25-27-15(3)28-32-25)22(14(2)29(13)24)16-6-8-18(26)9-7-16/h6-9,11-13H,10,26H2,1-5H3. The summed E-state index contributed by atoms with van der Waals surface area (Å²) in [5, 5.41) is 4.08. The number of aryl methyl sites for hydroxylation is 1. The number of aromatic nitrogens is 3. The van der Waals surface area contributed by atoms with Crippen LogP contribution >= 0.6 is 0 Å². The van der Waals surface area contributed by atoms with Gasteiger partial charge in [0.15, 0.2) is 17.3 Å². The van der Waals surface area contributed by atoms with Gasteiger partial charge < -0.3 is 24.3 Å². The van der Waals surface area contributed by atoms with Crippen molar-refractivity contribution >= 4 is 5.69 Å². The maximum Gasteiger partial charge on any atom is 0.260 e. The van der Waals surface area contributed by atoms with Crippen molar-refractivity contribution in [3.05, 3.63) is 53.5 Å². The average Bonchev–Trinajstić information content (AvgIpc) is 3.34. The van der Waals surface area contributed by atoms with Crippen LogP contribution in [0.2, 0.25) is 0 Å². The summed E-state index contributed by atoms with van der Waals surface area (Å²) in [5.74, 6) is 2.51. The second-order valence-corrected chi connectivity index (χ2v) is 8.24. The molecule has 2 aromatic heterocycles. The summed E-state index contributed by atoms with van der Waals surface area (Å²) in [6, 6.07) is 12.3. The number of fused-ring (bicyclic) bond motifs is 3. The monoisotopic (exact) mass is 430 g/mol. The smallest absolute Gasteiger partial charge is 0.260 e. The molecule has 0 saturated heterocycles. The molecule has 1 atom stereocenters. The van der Waals surface area contributed by atoms with E-state index < -0.39 is 0 Å². The molecule has 3 heterocycles. The molecule has 0 bridgehead atoms. The highest BCUT2D eigenvalue weighted by Crippen LogP contribution is 2.50. The topological polar surface area (TPSA) is 88.3 Å². The van der Waals surface area contributed by atoms with E-state index in [-0.39, 0.29) is 6.04 Å². The number of nitrogen functional groups attached to an aromatic ring is 1. The lowest BCUT2D eigenvalue weighted by Gasteiger charge is -2.28. The summed E-state index contributed by atoms with van der Waals surface area (Å²) >= 11 is 0. The van der Waals surface area contributed by atoms with Crippen molar-refractivity contribution in [3.8, 4) is 45.3 Å². The van der Waals surface area contributed by atoms with Gasteiger partial charge in [-0.25, -0.2) is 0 Å². The number of ether oxygens (including phenoxy) is 2. The van der Waals surface area contributed by atoms with Crippen molar-refractivity contribution in [2.45, 2.75) is 33.2 Å². The molecule has 1 unspecified atom stereocenters. The van der Waals surface area contributed by atoms with Crippen molar-refractivity contribution < 1.29 is 14.0 Å². The minimum absolute atomic E-state index is 0.237. The zero-order valence-electron chi connectivity index (χ0n) is 18.9. The normalized spacial score (nSPS) is 14.7. The van der Waals surface area contributed by atoms with E-state index in [0.717, 1.165) is 51.5 Å². The van der Waals surface area contributed by atoms with E-state index in [2.05, 4.69) is 34.6 Å². The molecule has 32 heavy (non-hydrogen) atoms. The van der Waals surface area contributed by atoms with Crippen LogP contribution in [0.25, 0.3) is 33.8 Å². The Kier molecular flexibility index (Phi) is 4.69. The minimum Gasteiger partial charge on any atom is -0.493 e. The number of benzene rings is 2. The van der Waals surface area contributed by atoms with E-state index in [1.54, 1.807) is 14.2 Å². The van der Waals surface area contributed by atoms with Crippen LogP contribution in [-0.2, 0) is 6.42 Å². The number of hydrogen-bond acceptors (Lipinski definition) is 6. The molecule has 0 amide bonds. The molecule has 1 aliphatic rings. The molecule has 164 valence electrons. The van der Waals surface area contributed by atoms with Gasteiger partial charge in [-0.3, -0.25) is 0 Å². The number of anilines is 1. The number of hydrogen-bond donors (Lipinski definition) is 1. The number of nitrogens with two attached hydrogens (primary N) is 1. The lowest BCUT2D eigenvalue weighted by Crippen LogP contribution is -2.17. The Morgan fingerprint density at radius 2 is 1.72 bits per heavy atom. The first-order chi connectivity index (χ1) is 15.4. The Labute approximate surface area is 186 Å². The maximum absolute atomic E-state index is 5.97. The van der Waals surface area contributed by atoms with Gasteiger partial charge in [0, 0.05) is 28.6 Å². The Balaban J connectivity index is 1.89. The molecule has 4 aromatic rings. The predicted molar refractivity (Wildman–Crippen MR) is 124 cm³/mol. The molecular formula is C25H26N4O3. The molecule has 0 aliphatic carbocycles. The lowest BCUT2D eigenvalue weighted by atomic mass is 9.91. The van der Waals surface area contributed by atoms with Crippen molar-refractivity contribution in [1.29, 1.82) is 0 Å². The molecule has 0 fully saturated rings. The van der Waals surface area contributed by atoms with Crippen molar-refractivity contribution in [3.63, 3.8) is 0 Å². The predicted octanol–water partition coefficient (Wildman–Crippen LogP) is 5.21. The lowest BCUT2D eigenvalue weighted by molar-refractivity contribution is 0.354. The second-order valence-electron chi connectivity index (χ2n) is 8.24. The number of rotatable bonds is 4. The van der Waals surface area contributed by atoms with Crippen LogP contribution in [0.15, 0.2) is 40.9 Å². The van der Waals surface area contributed by atoms with Crippen LogP contribution in [0.5, 0.6) is 11.5 Å². The van der Waals surface area contributed by atoms with Gasteiger partial charge in [0.05, 0.1) is 25.5 Å². The van der Waals surface area contributed by atoms with Crippen molar-refractivity contribution in [2.75, 3.05) is 20.0 Å². The van der Waals surface area contributed by atoms with Crippen LogP contribution in [0, 0.1) is 13.8 Å². The van der Waals surface area contributed by atoms with Gasteiger partial charge in [-0.2, -0.15) is 4.98 Å². The fourth-order valence-electron chi connectivity index (χ4n) is 4.85. The molecule has 5 rings (SSSR count). The van der Waals surface area contributed by atoms with Gasteiger partial charge in [-0.15, -0.1) is 0 Å². The summed E-state index contributed by atoms with van der Waals surface area (Å²) in [6.45, 7) is 6.20. The zero-order chi connectivity index (χ0) is 22.6. The summed E-state index contributed by atoms with van der Waals surface area (Å²) in [4.78, 5) is 4.61. The number of methoxy groups -OCH3 is 2. The highest BCUT2D eigenvalue weighted by atomic mass is 16.5. The van der Waals surface area contributed by atoms with Crippen LogP contribution in [0.1, 0.15) is 30.0 Å². The summed E-state index contributed by atoms with van der Waals surface area (Å²) in [5.41, 5.74) is 14.2. The van der Waals surface area contributed by atoms with E-state index in [1.807, 2.05) is 37.3 Å². The third-order valence-electron chi connectivity index (χ3n) is 6.21. The molecule has 2 N–H and O–H groups in total. The summed E-state index contributed by atoms with van der Waals surface area (Å²) in [6.07, 6.45) is 0.877. The SMILES string of the molecule is COc1cc2c(cc1OC)-c1c(-c3nc(C)no3)c(-c3ccc(N)cc3)c(C)n1C(C)C2. The first-order valence-electron chi connectivity index (χ1n) is 10.6. The van der Waals surface area contributed by atoms with Gasteiger partial charge in [0.2, 0.25) is 0 Å². The second kappa shape index (κ2) is 7.44. The van der Waals surface area contributed by atoms with E-state index in [9.17, 15) is 0 Å². The Bertz CT molecular complexity index is 1320. The van der Waals surface area contributed by atoms with Gasteiger partial charge >= 0.3 is 0 Å². The molecule has 0 saturated carbocycles. The molecule has 1 aliphatic heterocycles. The molecule has 2 aromatic carbocycles. The van der Waals surface area contributed by atoms with E-state index in [1.165, 1.54) is 5.56 Å². The third-order valence-corrected chi connectivity index (χ3v) is 6.21. The maximum atomic E-state index is 5.97. The average molecular weight is 431 g/mol. The van der Waals surface area contributed by atoms with Crippen LogP contribution in [0.3, 0.4) is 0 Å². The molecular weight excluding hydrogens is 404 g/mol. The number of nitrogens with zero attached hydrogens (tertiary/aromatic N) is 3. The van der Waals surface area contributed by atoms with Crippen molar-refractivity contribution in [1.82, 2.24) is 14.7 Å². The van der Waals surface area contributed by atoms with Crippen LogP contribution in [0.4, 0.5) is 5.69 Å². The van der Waals surface area contributed by atoms with Gasteiger partial charge in [0.25, 0.3) is 5.89 Å². The summed E-state index contributed by atoms with van der Waals surface area (Å²) < 4.78 is 19.3. The fraction of sp³-hybridized carbons (Fsp3) is 0.280. The first-order valence-corrected chi connectivity index (χ1v) is 10.6. The molecule has 7 nitrogen and oxygen atoms in total. The molecule has 0 spiro atoms. The van der Waals surface area contributed by atoms with Gasteiger partial charge in [-0.1, -0.05) is 17.3 Å². The molecule has 7 heteroatoms. The third kappa shape index (κ3) is 2.96. The first kappa shape index (κ1) is 20.2. The Morgan fingerprint density at radius 1 is 1.03 bits per heavy atom. The Morgan fingerprint density at radius 3 is 2.34 bits per heavy atom. The minimum atomic E-state index is 0.237. The fourth-order valence-corrected chi connectivity index (χ4v) is 4.85.